The minimum Gasteiger partial charge on any atom is -0.507 e. The molecule has 32 heavy (non-hydrogen) atoms. The third kappa shape index (κ3) is 4.49. The quantitative estimate of drug-likeness (QED) is 0.339. The number of carbonyl (C=O) groups excluding carboxylic acids is 2. The van der Waals surface area contributed by atoms with Crippen LogP contribution >= 0.6 is 0 Å². The zero-order valence-corrected chi connectivity index (χ0v) is 19.2. The van der Waals surface area contributed by atoms with Crippen LogP contribution in [0.15, 0.2) is 48.0 Å². The Morgan fingerprint density at radius 1 is 1.06 bits per heavy atom. The molecule has 2 aromatic carbocycles. The van der Waals surface area contributed by atoms with E-state index < -0.39 is 17.7 Å². The van der Waals surface area contributed by atoms with Gasteiger partial charge >= 0.3 is 0 Å². The normalized spacial score (nSPS) is 17.6. The fourth-order valence-electron chi connectivity index (χ4n) is 3.98. The Balaban J connectivity index is 2.14. The molecular weight excluding hydrogens is 406 g/mol. The van der Waals surface area contributed by atoms with Gasteiger partial charge in [0.1, 0.15) is 17.3 Å². The van der Waals surface area contributed by atoms with Gasteiger partial charge in [-0.2, -0.15) is 0 Å². The topological polar surface area (TPSA) is 76.1 Å². The van der Waals surface area contributed by atoms with Crippen molar-refractivity contribution in [1.29, 1.82) is 0 Å². The van der Waals surface area contributed by atoms with Gasteiger partial charge in [-0.25, -0.2) is 0 Å². The van der Waals surface area contributed by atoms with E-state index in [2.05, 4.69) is 0 Å². The summed E-state index contributed by atoms with van der Waals surface area (Å²) in [6.45, 7) is 6.97. The monoisotopic (exact) mass is 437 g/mol. The van der Waals surface area contributed by atoms with Crippen molar-refractivity contribution in [2.24, 2.45) is 0 Å². The molecule has 1 atom stereocenters. The number of rotatable bonds is 9. The first-order valence-electron chi connectivity index (χ1n) is 11.1. The molecule has 3 rings (SSSR count). The first-order valence-corrected chi connectivity index (χ1v) is 11.1. The number of aliphatic hydroxyl groups excluding tert-OH is 1. The highest BCUT2D eigenvalue weighted by molar-refractivity contribution is 6.46. The van der Waals surface area contributed by atoms with Crippen LogP contribution in [-0.2, 0) is 9.59 Å². The smallest absolute Gasteiger partial charge is 0.295 e. The fourth-order valence-corrected chi connectivity index (χ4v) is 3.98. The van der Waals surface area contributed by atoms with Crippen LogP contribution in [-0.4, -0.2) is 42.0 Å². The second kappa shape index (κ2) is 10.4. The second-order valence-electron chi connectivity index (χ2n) is 7.92. The van der Waals surface area contributed by atoms with E-state index in [0.29, 0.717) is 30.0 Å². The molecule has 0 aromatic heterocycles. The number of hydrogen-bond donors (Lipinski definition) is 1. The number of hydrogen-bond acceptors (Lipinski definition) is 5. The molecule has 1 N–H and O–H groups in total. The van der Waals surface area contributed by atoms with E-state index in [1.54, 1.807) is 36.3 Å². The average molecular weight is 438 g/mol. The molecular formula is C26H31NO5. The van der Waals surface area contributed by atoms with E-state index in [1.165, 1.54) is 0 Å². The fraction of sp³-hybridized carbons (Fsp3) is 0.385. The summed E-state index contributed by atoms with van der Waals surface area (Å²) >= 11 is 0. The molecule has 0 radical (unpaired) electrons. The number of ketones is 1. The lowest BCUT2D eigenvalue weighted by Crippen LogP contribution is -2.30. The molecule has 6 nitrogen and oxygen atoms in total. The highest BCUT2D eigenvalue weighted by Crippen LogP contribution is 2.43. The number of likely N-dealkylation sites (tertiary alicyclic amines) is 1. The van der Waals surface area contributed by atoms with Gasteiger partial charge in [0.2, 0.25) is 0 Å². The van der Waals surface area contributed by atoms with Crippen LogP contribution in [0.1, 0.15) is 55.8 Å². The molecule has 1 amide bonds. The van der Waals surface area contributed by atoms with Gasteiger partial charge in [-0.15, -0.1) is 0 Å². The van der Waals surface area contributed by atoms with Gasteiger partial charge in [0.25, 0.3) is 11.7 Å². The molecule has 170 valence electrons. The zero-order valence-electron chi connectivity index (χ0n) is 19.2. The Kier molecular flexibility index (Phi) is 7.57. The Labute approximate surface area is 189 Å². The zero-order chi connectivity index (χ0) is 23.3. The molecule has 1 saturated heterocycles. The summed E-state index contributed by atoms with van der Waals surface area (Å²) in [6, 6.07) is 11.8. The third-order valence-electron chi connectivity index (χ3n) is 5.64. The number of aryl methyl sites for hydroxylation is 1. The maximum absolute atomic E-state index is 13.1. The maximum Gasteiger partial charge on any atom is 0.295 e. The predicted octanol–water partition coefficient (Wildman–Crippen LogP) is 5.01. The van der Waals surface area contributed by atoms with Crippen molar-refractivity contribution in [1.82, 2.24) is 4.90 Å². The standard InChI is InChI=1S/C26H31NO5/c1-5-7-14-27-23(19-10-8-9-11-21(19)31-4)22(25(29)26(27)30)24(28)18-12-13-20(17(3)16-18)32-15-6-2/h8-13,16,23,28H,5-7,14-15H2,1-4H3/b24-22+. The second-order valence-corrected chi connectivity index (χ2v) is 7.92. The van der Waals surface area contributed by atoms with Crippen LogP contribution < -0.4 is 9.47 Å². The largest absolute Gasteiger partial charge is 0.507 e. The number of para-hydroxylation sites is 1. The first-order chi connectivity index (χ1) is 15.4. The maximum atomic E-state index is 13.1. The molecule has 0 spiro atoms. The Hall–Kier alpha value is -3.28. The van der Waals surface area contributed by atoms with Crippen molar-refractivity contribution in [2.75, 3.05) is 20.3 Å². The number of nitrogens with zero attached hydrogens (tertiary/aromatic N) is 1. The SMILES string of the molecule is CCCCN1C(=O)C(=O)/C(=C(/O)c2ccc(OCCC)c(C)c2)C1c1ccccc1OC. The highest BCUT2D eigenvalue weighted by atomic mass is 16.5. The summed E-state index contributed by atoms with van der Waals surface area (Å²) in [5.41, 5.74) is 2.07. The minimum atomic E-state index is -0.714. The van der Waals surface area contributed by atoms with Crippen LogP contribution in [0, 0.1) is 6.92 Å². The molecule has 1 aliphatic rings. The number of amides is 1. The van der Waals surface area contributed by atoms with Crippen LogP contribution in [0.4, 0.5) is 0 Å². The molecule has 1 fully saturated rings. The van der Waals surface area contributed by atoms with Gasteiger partial charge in [-0.05, 0) is 49.6 Å². The number of Topliss-reactive ketones (excluding diaryl/α,β-unsaturated/α-hetero) is 1. The van der Waals surface area contributed by atoms with Gasteiger partial charge < -0.3 is 19.5 Å². The van der Waals surface area contributed by atoms with E-state index in [1.807, 2.05) is 39.0 Å². The van der Waals surface area contributed by atoms with Crippen LogP contribution in [0.25, 0.3) is 5.76 Å². The Morgan fingerprint density at radius 3 is 2.47 bits per heavy atom. The van der Waals surface area contributed by atoms with E-state index in [9.17, 15) is 14.7 Å². The lowest BCUT2D eigenvalue weighted by atomic mass is 9.94. The molecule has 0 aliphatic carbocycles. The summed E-state index contributed by atoms with van der Waals surface area (Å²) in [7, 11) is 1.55. The van der Waals surface area contributed by atoms with Crippen molar-refractivity contribution < 1.29 is 24.2 Å². The van der Waals surface area contributed by atoms with Gasteiger partial charge in [0.15, 0.2) is 0 Å². The van der Waals surface area contributed by atoms with Crippen molar-refractivity contribution in [3.8, 4) is 11.5 Å². The van der Waals surface area contributed by atoms with Gasteiger partial charge in [-0.1, -0.05) is 38.5 Å². The molecule has 1 unspecified atom stereocenters. The van der Waals surface area contributed by atoms with Crippen LogP contribution in [0.2, 0.25) is 0 Å². The first kappa shape index (κ1) is 23.4. The summed E-state index contributed by atoms with van der Waals surface area (Å²) < 4.78 is 11.2. The lowest BCUT2D eigenvalue weighted by Gasteiger charge is -2.26. The van der Waals surface area contributed by atoms with Crippen LogP contribution in [0.5, 0.6) is 11.5 Å². The Bertz CT molecular complexity index is 1030. The van der Waals surface area contributed by atoms with Gasteiger partial charge in [0.05, 0.1) is 25.3 Å². The molecule has 1 aliphatic heterocycles. The summed E-state index contributed by atoms with van der Waals surface area (Å²) in [6.07, 6.45) is 2.52. The van der Waals surface area contributed by atoms with Gasteiger partial charge in [-0.3, -0.25) is 9.59 Å². The highest BCUT2D eigenvalue weighted by Gasteiger charge is 2.46. The number of carbonyl (C=O) groups is 2. The summed E-state index contributed by atoms with van der Waals surface area (Å²) in [5.74, 6) is -0.184. The van der Waals surface area contributed by atoms with Crippen molar-refractivity contribution >= 4 is 17.4 Å². The number of ether oxygens (including phenoxy) is 2. The predicted molar refractivity (Wildman–Crippen MR) is 124 cm³/mol. The Morgan fingerprint density at radius 2 is 1.81 bits per heavy atom. The molecule has 0 bridgehead atoms. The van der Waals surface area contributed by atoms with Gasteiger partial charge in [0, 0.05) is 17.7 Å². The lowest BCUT2D eigenvalue weighted by molar-refractivity contribution is -0.139. The molecule has 0 saturated carbocycles. The molecule has 1 heterocycles. The molecule has 2 aromatic rings. The van der Waals surface area contributed by atoms with Crippen LogP contribution in [0.3, 0.4) is 0 Å². The third-order valence-corrected chi connectivity index (χ3v) is 5.64. The van der Waals surface area contributed by atoms with E-state index in [4.69, 9.17) is 9.47 Å². The number of methoxy groups -OCH3 is 1. The van der Waals surface area contributed by atoms with Crippen molar-refractivity contribution in [3.63, 3.8) is 0 Å². The number of unbranched alkanes of at least 4 members (excludes halogenated alkanes) is 1. The number of aliphatic hydroxyl groups is 1. The van der Waals surface area contributed by atoms with Crippen molar-refractivity contribution in [3.05, 3.63) is 64.7 Å². The average Bonchev–Trinajstić information content (AvgIpc) is 3.06. The van der Waals surface area contributed by atoms with E-state index >= 15 is 0 Å². The van der Waals surface area contributed by atoms with Crippen molar-refractivity contribution in [2.45, 2.75) is 46.1 Å². The summed E-state index contributed by atoms with van der Waals surface area (Å²) in [5, 5.41) is 11.2. The van der Waals surface area contributed by atoms with E-state index in [-0.39, 0.29) is 11.3 Å². The molecule has 6 heteroatoms. The number of benzene rings is 2. The summed E-state index contributed by atoms with van der Waals surface area (Å²) in [4.78, 5) is 27.6. The minimum absolute atomic E-state index is 0.0808. The van der Waals surface area contributed by atoms with E-state index in [0.717, 1.165) is 30.6 Å².